The summed E-state index contributed by atoms with van der Waals surface area (Å²) >= 11 is 0. The fourth-order valence-electron chi connectivity index (χ4n) is 2.36. The standard InChI is InChI=1S/C14H18FNO2/c15-6-2-1-3-7-16-9-12-5-4-11(14(17)18)8-13(12)10-16/h4-5,8H,1-3,6-7,9-10H2,(H,17,18). The van der Waals surface area contributed by atoms with E-state index in [0.717, 1.165) is 38.0 Å². The highest BCUT2D eigenvalue weighted by molar-refractivity contribution is 5.87. The van der Waals surface area contributed by atoms with Crippen molar-refractivity contribution in [1.29, 1.82) is 0 Å². The fourth-order valence-corrected chi connectivity index (χ4v) is 2.36. The van der Waals surface area contributed by atoms with Gasteiger partial charge >= 0.3 is 5.97 Å². The van der Waals surface area contributed by atoms with Crippen molar-refractivity contribution in [2.75, 3.05) is 13.2 Å². The molecule has 1 N–H and O–H groups in total. The van der Waals surface area contributed by atoms with Crippen molar-refractivity contribution < 1.29 is 14.3 Å². The Hall–Kier alpha value is -1.42. The van der Waals surface area contributed by atoms with Gasteiger partial charge in [-0.1, -0.05) is 6.07 Å². The van der Waals surface area contributed by atoms with Crippen molar-refractivity contribution >= 4 is 5.97 Å². The van der Waals surface area contributed by atoms with Crippen LogP contribution in [0.3, 0.4) is 0 Å². The van der Waals surface area contributed by atoms with Gasteiger partial charge in [0.2, 0.25) is 0 Å². The Bertz CT molecular complexity index is 434. The smallest absolute Gasteiger partial charge is 0.335 e. The lowest BCUT2D eigenvalue weighted by Crippen LogP contribution is -2.17. The Balaban J connectivity index is 1.89. The van der Waals surface area contributed by atoms with Crippen molar-refractivity contribution in [2.24, 2.45) is 0 Å². The molecule has 0 aliphatic carbocycles. The molecule has 2 rings (SSSR count). The minimum absolute atomic E-state index is 0.234. The molecule has 1 aromatic rings. The Morgan fingerprint density at radius 2 is 2.00 bits per heavy atom. The third-order valence-electron chi connectivity index (χ3n) is 3.35. The first-order valence-electron chi connectivity index (χ1n) is 6.34. The molecular formula is C14H18FNO2. The summed E-state index contributed by atoms with van der Waals surface area (Å²) in [6.45, 7) is 2.41. The highest BCUT2D eigenvalue weighted by Gasteiger charge is 2.19. The van der Waals surface area contributed by atoms with Crippen LogP contribution in [0.15, 0.2) is 18.2 Å². The predicted molar refractivity (Wildman–Crippen MR) is 67.3 cm³/mol. The maximum absolute atomic E-state index is 12.0. The highest BCUT2D eigenvalue weighted by Crippen LogP contribution is 2.24. The Kier molecular flexibility index (Phi) is 4.31. The molecule has 1 aliphatic rings. The van der Waals surface area contributed by atoms with Crippen molar-refractivity contribution in [1.82, 2.24) is 4.90 Å². The van der Waals surface area contributed by atoms with E-state index in [1.807, 2.05) is 6.07 Å². The van der Waals surface area contributed by atoms with Crippen LogP contribution in [-0.2, 0) is 13.1 Å². The van der Waals surface area contributed by atoms with E-state index in [1.165, 1.54) is 5.56 Å². The van der Waals surface area contributed by atoms with E-state index < -0.39 is 5.97 Å². The van der Waals surface area contributed by atoms with Gasteiger partial charge in [-0.05, 0) is 49.1 Å². The molecule has 0 saturated carbocycles. The average Bonchev–Trinajstić information content (AvgIpc) is 2.76. The van der Waals surface area contributed by atoms with Gasteiger partial charge in [0.15, 0.2) is 0 Å². The van der Waals surface area contributed by atoms with Crippen molar-refractivity contribution in [3.8, 4) is 0 Å². The van der Waals surface area contributed by atoms with E-state index in [2.05, 4.69) is 4.90 Å². The van der Waals surface area contributed by atoms with Gasteiger partial charge in [-0.15, -0.1) is 0 Å². The zero-order chi connectivity index (χ0) is 13.0. The lowest BCUT2D eigenvalue weighted by molar-refractivity contribution is 0.0696. The number of halogens is 1. The second-order valence-electron chi connectivity index (χ2n) is 4.75. The van der Waals surface area contributed by atoms with E-state index in [-0.39, 0.29) is 6.67 Å². The molecule has 0 bridgehead atoms. The number of carboxylic acid groups (broad SMARTS) is 1. The summed E-state index contributed by atoms with van der Waals surface area (Å²) in [6.07, 6.45) is 2.57. The molecule has 0 unspecified atom stereocenters. The van der Waals surface area contributed by atoms with Crippen LogP contribution in [0, 0.1) is 0 Å². The van der Waals surface area contributed by atoms with Crippen LogP contribution in [0.2, 0.25) is 0 Å². The summed E-state index contributed by atoms with van der Waals surface area (Å²) in [5.41, 5.74) is 2.68. The first-order chi connectivity index (χ1) is 8.70. The van der Waals surface area contributed by atoms with Gasteiger partial charge in [0, 0.05) is 13.1 Å². The van der Waals surface area contributed by atoms with E-state index in [9.17, 15) is 9.18 Å². The summed E-state index contributed by atoms with van der Waals surface area (Å²) in [6, 6.07) is 5.33. The molecule has 1 heterocycles. The van der Waals surface area contributed by atoms with Gasteiger partial charge in [0.25, 0.3) is 0 Å². The van der Waals surface area contributed by atoms with Crippen LogP contribution < -0.4 is 0 Å². The zero-order valence-corrected chi connectivity index (χ0v) is 10.4. The number of fused-ring (bicyclic) bond motifs is 1. The number of nitrogens with zero attached hydrogens (tertiary/aromatic N) is 1. The SMILES string of the molecule is O=C(O)c1ccc2c(c1)CN(CCCCCF)C2. The monoisotopic (exact) mass is 251 g/mol. The van der Waals surface area contributed by atoms with Crippen LogP contribution in [-0.4, -0.2) is 29.2 Å². The van der Waals surface area contributed by atoms with Crippen molar-refractivity contribution in [3.63, 3.8) is 0 Å². The number of alkyl halides is 1. The Morgan fingerprint density at radius 3 is 2.72 bits per heavy atom. The second-order valence-corrected chi connectivity index (χ2v) is 4.75. The minimum Gasteiger partial charge on any atom is -0.478 e. The summed E-state index contributed by atoms with van der Waals surface area (Å²) in [5, 5.41) is 8.93. The fraction of sp³-hybridized carbons (Fsp3) is 0.500. The Labute approximate surface area is 106 Å². The number of carbonyl (C=O) groups is 1. The number of carboxylic acids is 1. The molecule has 0 radical (unpaired) electrons. The number of hydrogen-bond donors (Lipinski definition) is 1. The third-order valence-corrected chi connectivity index (χ3v) is 3.35. The molecule has 0 saturated heterocycles. The van der Waals surface area contributed by atoms with Crippen LogP contribution in [0.5, 0.6) is 0 Å². The molecule has 1 aromatic carbocycles. The summed E-state index contributed by atoms with van der Waals surface area (Å²) in [4.78, 5) is 13.2. The molecule has 0 aromatic heterocycles. The van der Waals surface area contributed by atoms with Gasteiger partial charge in [-0.3, -0.25) is 9.29 Å². The number of hydrogen-bond acceptors (Lipinski definition) is 2. The van der Waals surface area contributed by atoms with Crippen molar-refractivity contribution in [2.45, 2.75) is 32.4 Å². The molecule has 1 aliphatic heterocycles. The quantitative estimate of drug-likeness (QED) is 0.790. The number of aromatic carboxylic acids is 1. The van der Waals surface area contributed by atoms with E-state index in [1.54, 1.807) is 12.1 Å². The molecule has 3 nitrogen and oxygen atoms in total. The molecule has 98 valence electrons. The van der Waals surface area contributed by atoms with Crippen LogP contribution >= 0.6 is 0 Å². The first-order valence-corrected chi connectivity index (χ1v) is 6.34. The molecule has 0 atom stereocenters. The van der Waals surface area contributed by atoms with Crippen LogP contribution in [0.4, 0.5) is 4.39 Å². The maximum Gasteiger partial charge on any atom is 0.335 e. The largest absolute Gasteiger partial charge is 0.478 e. The van der Waals surface area contributed by atoms with Gasteiger partial charge in [-0.2, -0.15) is 0 Å². The van der Waals surface area contributed by atoms with Gasteiger partial charge in [0.05, 0.1) is 12.2 Å². The summed E-state index contributed by atoms with van der Waals surface area (Å²) in [7, 11) is 0. The van der Waals surface area contributed by atoms with E-state index in [0.29, 0.717) is 12.0 Å². The Morgan fingerprint density at radius 1 is 1.22 bits per heavy atom. The van der Waals surface area contributed by atoms with Gasteiger partial charge in [-0.25, -0.2) is 4.79 Å². The topological polar surface area (TPSA) is 40.5 Å². The molecule has 0 fully saturated rings. The van der Waals surface area contributed by atoms with Gasteiger partial charge < -0.3 is 5.11 Å². The zero-order valence-electron chi connectivity index (χ0n) is 10.4. The second kappa shape index (κ2) is 5.96. The number of unbranched alkanes of at least 4 members (excludes halogenated alkanes) is 2. The number of benzene rings is 1. The maximum atomic E-state index is 12.0. The van der Waals surface area contributed by atoms with E-state index in [4.69, 9.17) is 5.11 Å². The highest BCUT2D eigenvalue weighted by atomic mass is 19.1. The molecule has 0 spiro atoms. The molecule has 4 heteroatoms. The third kappa shape index (κ3) is 3.07. The lowest BCUT2D eigenvalue weighted by Gasteiger charge is -2.13. The average molecular weight is 251 g/mol. The van der Waals surface area contributed by atoms with Crippen molar-refractivity contribution in [3.05, 3.63) is 34.9 Å². The molecule has 18 heavy (non-hydrogen) atoms. The predicted octanol–water partition coefficient (Wildman–Crippen LogP) is 2.84. The molecule has 0 amide bonds. The normalized spacial score (nSPS) is 14.7. The van der Waals surface area contributed by atoms with E-state index >= 15 is 0 Å². The molecular weight excluding hydrogens is 233 g/mol. The van der Waals surface area contributed by atoms with Crippen LogP contribution in [0.25, 0.3) is 0 Å². The summed E-state index contributed by atoms with van der Waals surface area (Å²) in [5.74, 6) is -0.876. The number of rotatable bonds is 6. The summed E-state index contributed by atoms with van der Waals surface area (Å²) < 4.78 is 12.0. The van der Waals surface area contributed by atoms with Crippen LogP contribution in [0.1, 0.15) is 40.7 Å². The lowest BCUT2D eigenvalue weighted by atomic mass is 10.1. The first kappa shape index (κ1) is 13.0. The van der Waals surface area contributed by atoms with Gasteiger partial charge in [0.1, 0.15) is 0 Å². The minimum atomic E-state index is -0.876.